The highest BCUT2D eigenvalue weighted by molar-refractivity contribution is 7.98. The Labute approximate surface area is 94.2 Å². The van der Waals surface area contributed by atoms with Gasteiger partial charge in [0.2, 0.25) is 5.28 Å². The highest BCUT2D eigenvalue weighted by Gasteiger charge is 2.11. The topological polar surface area (TPSA) is 30.7 Å². The van der Waals surface area contributed by atoms with Crippen molar-refractivity contribution in [3.05, 3.63) is 11.1 Å². The predicted molar refractivity (Wildman–Crippen MR) is 62.0 cm³/mol. The van der Waals surface area contributed by atoms with E-state index < -0.39 is 0 Å². The van der Waals surface area contributed by atoms with Crippen LogP contribution in [0, 0.1) is 5.92 Å². The van der Waals surface area contributed by atoms with Crippen molar-refractivity contribution >= 4 is 23.4 Å². The zero-order valence-corrected chi connectivity index (χ0v) is 10.4. The molecule has 1 atom stereocenters. The fraction of sp³-hybridized carbons (Fsp3) is 0.778. The van der Waals surface area contributed by atoms with Gasteiger partial charge in [-0.2, -0.15) is 11.8 Å². The van der Waals surface area contributed by atoms with Crippen LogP contribution in [0.3, 0.4) is 0 Å². The van der Waals surface area contributed by atoms with Gasteiger partial charge in [-0.15, -0.1) is 10.2 Å². The van der Waals surface area contributed by atoms with Gasteiger partial charge in [-0.1, -0.05) is 13.8 Å². The number of aromatic nitrogens is 3. The quantitative estimate of drug-likeness (QED) is 0.783. The summed E-state index contributed by atoms with van der Waals surface area (Å²) in [6, 6.07) is 0. The highest BCUT2D eigenvalue weighted by Crippen LogP contribution is 2.14. The minimum Gasteiger partial charge on any atom is -0.301 e. The second kappa shape index (κ2) is 5.61. The van der Waals surface area contributed by atoms with Gasteiger partial charge in [-0.25, -0.2) is 0 Å². The molecule has 0 fully saturated rings. The van der Waals surface area contributed by atoms with E-state index in [1.54, 1.807) is 0 Å². The maximum absolute atomic E-state index is 5.95. The number of aryl methyl sites for hydroxylation is 1. The summed E-state index contributed by atoms with van der Waals surface area (Å²) in [5, 5.41) is 8.40. The van der Waals surface area contributed by atoms with Crippen molar-refractivity contribution < 1.29 is 0 Å². The summed E-state index contributed by atoms with van der Waals surface area (Å²) in [7, 11) is 0. The van der Waals surface area contributed by atoms with Crippen LogP contribution in [0.25, 0.3) is 0 Å². The van der Waals surface area contributed by atoms with Crippen molar-refractivity contribution in [1.82, 2.24) is 14.8 Å². The third-order valence-electron chi connectivity index (χ3n) is 2.04. The summed E-state index contributed by atoms with van der Waals surface area (Å²) in [6.07, 6.45) is 3.00. The first-order valence-corrected chi connectivity index (χ1v) is 6.52. The third kappa shape index (κ3) is 2.89. The standard InChI is InChI=1S/C9H16ClN3S/c1-4-8-11-12-9(10)13(8)5-7(2)6-14-3/h7H,4-6H2,1-3H3. The van der Waals surface area contributed by atoms with Gasteiger partial charge < -0.3 is 4.57 Å². The normalized spacial score (nSPS) is 13.1. The predicted octanol–water partition coefficient (Wildman–Crippen LogP) is 2.49. The molecule has 0 spiro atoms. The summed E-state index contributed by atoms with van der Waals surface area (Å²) in [5.41, 5.74) is 0. The molecule has 0 aromatic carbocycles. The molecule has 0 aliphatic carbocycles. The number of hydrogen-bond acceptors (Lipinski definition) is 3. The number of rotatable bonds is 5. The molecule has 0 N–H and O–H groups in total. The van der Waals surface area contributed by atoms with E-state index in [-0.39, 0.29) is 0 Å². The average Bonchev–Trinajstić information content (AvgIpc) is 2.48. The van der Waals surface area contributed by atoms with E-state index in [1.807, 2.05) is 16.3 Å². The highest BCUT2D eigenvalue weighted by atomic mass is 35.5. The van der Waals surface area contributed by atoms with Crippen molar-refractivity contribution in [2.24, 2.45) is 5.92 Å². The third-order valence-corrected chi connectivity index (χ3v) is 3.23. The van der Waals surface area contributed by atoms with Crippen LogP contribution in [-0.2, 0) is 13.0 Å². The fourth-order valence-electron chi connectivity index (χ4n) is 1.40. The smallest absolute Gasteiger partial charge is 0.225 e. The second-order valence-corrected chi connectivity index (χ2v) is 4.66. The van der Waals surface area contributed by atoms with Gasteiger partial charge in [0.15, 0.2) is 0 Å². The minimum atomic E-state index is 0.509. The van der Waals surface area contributed by atoms with Crippen LogP contribution < -0.4 is 0 Å². The molecule has 1 aromatic rings. The average molecular weight is 234 g/mol. The fourth-order valence-corrected chi connectivity index (χ4v) is 2.28. The van der Waals surface area contributed by atoms with E-state index in [4.69, 9.17) is 11.6 Å². The number of nitrogens with zero attached hydrogens (tertiary/aromatic N) is 3. The SMILES string of the molecule is CCc1nnc(Cl)n1CC(C)CSC. The Kier molecular flexibility index (Phi) is 4.75. The molecule has 1 aromatic heterocycles. The van der Waals surface area contributed by atoms with Crippen molar-refractivity contribution in [3.8, 4) is 0 Å². The van der Waals surface area contributed by atoms with Gasteiger partial charge >= 0.3 is 0 Å². The molecule has 0 amide bonds. The van der Waals surface area contributed by atoms with Gasteiger partial charge in [-0.3, -0.25) is 0 Å². The van der Waals surface area contributed by atoms with E-state index in [2.05, 4.69) is 30.3 Å². The summed E-state index contributed by atoms with van der Waals surface area (Å²) in [4.78, 5) is 0. The van der Waals surface area contributed by atoms with Crippen molar-refractivity contribution in [1.29, 1.82) is 0 Å². The zero-order chi connectivity index (χ0) is 10.6. The molecular formula is C9H16ClN3S. The van der Waals surface area contributed by atoms with E-state index in [1.165, 1.54) is 0 Å². The molecule has 80 valence electrons. The lowest BCUT2D eigenvalue weighted by atomic mass is 10.2. The van der Waals surface area contributed by atoms with Crippen molar-refractivity contribution in [3.63, 3.8) is 0 Å². The van der Waals surface area contributed by atoms with Crippen LogP contribution in [0.4, 0.5) is 0 Å². The number of thioether (sulfide) groups is 1. The lowest BCUT2D eigenvalue weighted by Gasteiger charge is -2.12. The lowest BCUT2D eigenvalue weighted by Crippen LogP contribution is -2.12. The minimum absolute atomic E-state index is 0.509. The molecule has 1 unspecified atom stereocenters. The van der Waals surface area contributed by atoms with Crippen LogP contribution >= 0.6 is 23.4 Å². The molecular weight excluding hydrogens is 218 g/mol. The van der Waals surface area contributed by atoms with Crippen LogP contribution in [0.2, 0.25) is 5.28 Å². The summed E-state index contributed by atoms with van der Waals surface area (Å²) in [5.74, 6) is 2.71. The van der Waals surface area contributed by atoms with Crippen LogP contribution in [0.15, 0.2) is 0 Å². The van der Waals surface area contributed by atoms with Gasteiger partial charge in [0.05, 0.1) is 0 Å². The van der Waals surface area contributed by atoms with E-state index in [9.17, 15) is 0 Å². The van der Waals surface area contributed by atoms with E-state index in [0.29, 0.717) is 11.2 Å². The Morgan fingerprint density at radius 3 is 2.79 bits per heavy atom. The van der Waals surface area contributed by atoms with Gasteiger partial charge in [0.25, 0.3) is 0 Å². The Morgan fingerprint density at radius 2 is 2.21 bits per heavy atom. The molecule has 0 bridgehead atoms. The molecule has 0 saturated carbocycles. The van der Waals surface area contributed by atoms with Gasteiger partial charge in [0, 0.05) is 13.0 Å². The largest absolute Gasteiger partial charge is 0.301 e. The summed E-state index contributed by atoms with van der Waals surface area (Å²) >= 11 is 7.80. The molecule has 1 rings (SSSR count). The second-order valence-electron chi connectivity index (χ2n) is 3.41. The Morgan fingerprint density at radius 1 is 1.50 bits per heavy atom. The molecule has 0 aliphatic rings. The maximum atomic E-state index is 5.95. The van der Waals surface area contributed by atoms with Gasteiger partial charge in [0.1, 0.15) is 5.82 Å². The van der Waals surface area contributed by atoms with E-state index >= 15 is 0 Å². The molecule has 0 saturated heterocycles. The molecule has 1 heterocycles. The number of hydrogen-bond donors (Lipinski definition) is 0. The van der Waals surface area contributed by atoms with Crippen molar-refractivity contribution in [2.75, 3.05) is 12.0 Å². The first-order valence-electron chi connectivity index (χ1n) is 4.75. The number of halogens is 1. The monoisotopic (exact) mass is 233 g/mol. The molecule has 3 nitrogen and oxygen atoms in total. The summed E-state index contributed by atoms with van der Waals surface area (Å²) < 4.78 is 2.00. The molecule has 5 heteroatoms. The van der Waals surface area contributed by atoms with Crippen LogP contribution in [-0.4, -0.2) is 26.8 Å². The van der Waals surface area contributed by atoms with Crippen LogP contribution in [0.5, 0.6) is 0 Å². The molecule has 0 aliphatic heterocycles. The summed E-state index contributed by atoms with van der Waals surface area (Å²) in [6.45, 7) is 5.19. The zero-order valence-electron chi connectivity index (χ0n) is 8.83. The van der Waals surface area contributed by atoms with Crippen LogP contribution in [0.1, 0.15) is 19.7 Å². The van der Waals surface area contributed by atoms with E-state index in [0.717, 1.165) is 24.5 Å². The molecule has 14 heavy (non-hydrogen) atoms. The van der Waals surface area contributed by atoms with Crippen molar-refractivity contribution in [2.45, 2.75) is 26.8 Å². The first-order chi connectivity index (χ1) is 6.69. The lowest BCUT2D eigenvalue weighted by molar-refractivity contribution is 0.515. The Bertz CT molecular complexity index is 288. The Hall–Kier alpha value is -0.220. The maximum Gasteiger partial charge on any atom is 0.225 e. The molecule has 0 radical (unpaired) electrons. The first kappa shape index (κ1) is 11.9. The van der Waals surface area contributed by atoms with Gasteiger partial charge in [-0.05, 0) is 29.5 Å². The Balaban J connectivity index is 2.68.